The van der Waals surface area contributed by atoms with Crippen LogP contribution < -0.4 is 11.2 Å². The quantitative estimate of drug-likeness (QED) is 0.643. The first-order valence-corrected chi connectivity index (χ1v) is 10.7. The number of nitrogens with zero attached hydrogens (tertiary/aromatic N) is 1. The Morgan fingerprint density at radius 2 is 2.00 bits per heavy atom. The van der Waals surface area contributed by atoms with E-state index in [0.29, 0.717) is 13.0 Å². The summed E-state index contributed by atoms with van der Waals surface area (Å²) < 4.78 is 7.07. The molecule has 0 spiro atoms. The molecule has 1 aromatic heterocycles. The Labute approximate surface area is 134 Å². The number of aliphatic hydroxyl groups is 2. The van der Waals surface area contributed by atoms with Crippen LogP contribution in [0.4, 0.5) is 0 Å². The van der Waals surface area contributed by atoms with Crippen molar-refractivity contribution in [3.63, 3.8) is 0 Å². The fourth-order valence-electron chi connectivity index (χ4n) is 2.68. The lowest BCUT2D eigenvalue weighted by atomic mass is 10.0. The Morgan fingerprint density at radius 1 is 1.35 bits per heavy atom. The van der Waals surface area contributed by atoms with Crippen LogP contribution in [-0.4, -0.2) is 63.9 Å². The topological polar surface area (TPSA) is 105 Å². The first kappa shape index (κ1) is 18.2. The van der Waals surface area contributed by atoms with Crippen LogP contribution in [0.15, 0.2) is 15.8 Å². The molecule has 2 heterocycles. The molecule has 0 bridgehead atoms. The molecule has 1 aliphatic rings. The number of aryl methyl sites for hydroxylation is 1. The summed E-state index contributed by atoms with van der Waals surface area (Å²) in [5, 5.41) is 20.4. The molecule has 1 fully saturated rings. The lowest BCUT2D eigenvalue weighted by Gasteiger charge is -2.18. The molecule has 7 nitrogen and oxygen atoms in total. The van der Waals surface area contributed by atoms with Crippen LogP contribution in [0.2, 0.25) is 0 Å². The van der Waals surface area contributed by atoms with Gasteiger partial charge in [0.05, 0.1) is 11.7 Å². The van der Waals surface area contributed by atoms with Gasteiger partial charge >= 0.3 is 5.69 Å². The molecule has 0 aromatic carbocycles. The molecule has 0 radical (unpaired) electrons. The van der Waals surface area contributed by atoms with E-state index in [9.17, 15) is 19.8 Å². The van der Waals surface area contributed by atoms with Crippen LogP contribution in [0, 0.1) is 0 Å². The van der Waals surface area contributed by atoms with E-state index in [1.807, 2.05) is 0 Å². The van der Waals surface area contributed by atoms with Gasteiger partial charge in [0.1, 0.15) is 18.3 Å². The summed E-state index contributed by atoms with van der Waals surface area (Å²) in [4.78, 5) is 25.9. The molecule has 23 heavy (non-hydrogen) atoms. The maximum absolute atomic E-state index is 12.0. The van der Waals surface area contributed by atoms with E-state index in [0.717, 1.165) is 6.16 Å². The summed E-state index contributed by atoms with van der Waals surface area (Å²) in [6.45, 7) is 5.06. The van der Waals surface area contributed by atoms with Gasteiger partial charge in [0, 0.05) is 12.7 Å². The Morgan fingerprint density at radius 3 is 2.57 bits per heavy atom. The minimum absolute atomic E-state index is 0.157. The molecule has 1 saturated heterocycles. The van der Waals surface area contributed by atoms with Crippen LogP contribution in [0.1, 0.15) is 25.0 Å². The maximum Gasteiger partial charge on any atom is 0.328 e. The van der Waals surface area contributed by atoms with Crippen molar-refractivity contribution in [3.8, 4) is 0 Å². The van der Waals surface area contributed by atoms with Crippen molar-refractivity contribution in [2.45, 2.75) is 44.3 Å². The fourth-order valence-corrected chi connectivity index (χ4v) is 3.64. The molecule has 1 aromatic rings. The van der Waals surface area contributed by atoms with E-state index in [-0.39, 0.29) is 5.56 Å². The van der Waals surface area contributed by atoms with Gasteiger partial charge in [0.15, 0.2) is 0 Å². The first-order valence-electron chi connectivity index (χ1n) is 7.66. The smallest absolute Gasteiger partial charge is 0.328 e. The maximum atomic E-state index is 12.0. The van der Waals surface area contributed by atoms with Gasteiger partial charge in [-0.15, -0.1) is 13.2 Å². The Hall–Kier alpha value is -1.14. The van der Waals surface area contributed by atoms with Crippen LogP contribution in [-0.2, 0) is 11.3 Å². The monoisotopic (exact) mass is 344 g/mol. The summed E-state index contributed by atoms with van der Waals surface area (Å²) in [7, 11) is 0. The highest BCUT2D eigenvalue weighted by Gasteiger charge is 2.44. The average Bonchev–Trinajstić information content (AvgIpc) is 2.73. The SMILES string of the molecule is C=P(C)(C)CC[C@H]1O[C@@H](c2cn(CC)c(=O)[nH]c2=O)[C@H](O)[C@@H]1O. The van der Waals surface area contributed by atoms with Gasteiger partial charge in [-0.1, -0.05) is 0 Å². The second-order valence-electron chi connectivity index (χ2n) is 6.65. The van der Waals surface area contributed by atoms with Crippen molar-refractivity contribution in [2.75, 3.05) is 19.5 Å². The third-order valence-electron chi connectivity index (χ3n) is 4.07. The highest BCUT2D eigenvalue weighted by atomic mass is 31.2. The summed E-state index contributed by atoms with van der Waals surface area (Å²) in [6, 6.07) is 0. The van der Waals surface area contributed by atoms with E-state index in [4.69, 9.17) is 4.74 Å². The van der Waals surface area contributed by atoms with Crippen LogP contribution in [0.25, 0.3) is 0 Å². The molecule has 8 heteroatoms. The van der Waals surface area contributed by atoms with Crippen molar-refractivity contribution in [1.82, 2.24) is 9.55 Å². The van der Waals surface area contributed by atoms with Gasteiger partial charge in [-0.3, -0.25) is 9.78 Å². The van der Waals surface area contributed by atoms with E-state index in [1.54, 1.807) is 6.92 Å². The molecular formula is C15H25N2O5P. The number of nitrogens with one attached hydrogen (secondary N) is 1. The van der Waals surface area contributed by atoms with E-state index in [2.05, 4.69) is 24.6 Å². The minimum Gasteiger partial charge on any atom is -0.388 e. The third-order valence-corrected chi connectivity index (χ3v) is 5.54. The number of ether oxygens (including phenoxy) is 1. The van der Waals surface area contributed by atoms with Gasteiger partial charge in [-0.05, 0) is 32.8 Å². The molecule has 0 saturated carbocycles. The van der Waals surface area contributed by atoms with Crippen molar-refractivity contribution in [3.05, 3.63) is 32.6 Å². The zero-order valence-corrected chi connectivity index (χ0v) is 14.6. The Balaban J connectivity index is 2.26. The van der Waals surface area contributed by atoms with Crippen molar-refractivity contribution in [2.24, 2.45) is 0 Å². The number of aliphatic hydroxyl groups excluding tert-OH is 2. The second-order valence-corrected chi connectivity index (χ2v) is 11.0. The standard InChI is InChI=1S/C15H25N2O5P/c1-5-17-8-9(14(20)16-15(17)21)13-12(19)11(18)10(22-13)6-7-23(2,3)4/h8,10-13,18-19H,2,5-7H2,1,3-4H3,(H,16,20,21)/t10-,11-,12-,13+/m1/s1. The summed E-state index contributed by atoms with van der Waals surface area (Å²) >= 11 is 0. The third kappa shape index (κ3) is 4.04. The van der Waals surface area contributed by atoms with Crippen molar-refractivity contribution < 1.29 is 14.9 Å². The largest absolute Gasteiger partial charge is 0.388 e. The molecule has 2 rings (SSSR count). The molecule has 1 aliphatic heterocycles. The van der Waals surface area contributed by atoms with E-state index >= 15 is 0 Å². The highest BCUT2D eigenvalue weighted by Crippen LogP contribution is 2.40. The average molecular weight is 344 g/mol. The molecule has 0 unspecified atom stereocenters. The molecule has 4 atom stereocenters. The predicted molar refractivity (Wildman–Crippen MR) is 92.0 cm³/mol. The molecule has 0 amide bonds. The van der Waals surface area contributed by atoms with E-state index in [1.165, 1.54) is 10.8 Å². The number of aromatic amines is 1. The van der Waals surface area contributed by atoms with Gasteiger partial charge in [0.2, 0.25) is 0 Å². The highest BCUT2D eigenvalue weighted by molar-refractivity contribution is 7.72. The normalized spacial score (nSPS) is 28.2. The van der Waals surface area contributed by atoms with Gasteiger partial charge in [-0.2, -0.15) is 0 Å². The zero-order valence-electron chi connectivity index (χ0n) is 13.7. The lowest BCUT2D eigenvalue weighted by molar-refractivity contribution is 0.00494. The zero-order chi connectivity index (χ0) is 17.4. The van der Waals surface area contributed by atoms with Crippen LogP contribution >= 0.6 is 6.89 Å². The van der Waals surface area contributed by atoms with Gasteiger partial charge in [-0.25, -0.2) is 4.79 Å². The molecule has 3 N–H and O–H groups in total. The number of aromatic nitrogens is 2. The van der Waals surface area contributed by atoms with Gasteiger partial charge in [0.25, 0.3) is 5.56 Å². The number of hydrogen-bond acceptors (Lipinski definition) is 5. The molecule has 0 aliphatic carbocycles. The first-order chi connectivity index (χ1) is 10.6. The van der Waals surface area contributed by atoms with Gasteiger partial charge < -0.3 is 19.5 Å². The predicted octanol–water partition coefficient (Wildman–Crippen LogP) is -0.182. The number of H-pyrrole nitrogens is 1. The minimum atomic E-state index is -1.27. The second kappa shape index (κ2) is 6.77. The van der Waals surface area contributed by atoms with Crippen LogP contribution in [0.3, 0.4) is 0 Å². The molecular weight excluding hydrogens is 319 g/mol. The summed E-state index contributed by atoms with van der Waals surface area (Å²) in [5.74, 6) is 0. The Kier molecular flexibility index (Phi) is 5.36. The van der Waals surface area contributed by atoms with Crippen molar-refractivity contribution >= 4 is 13.2 Å². The summed E-state index contributed by atoms with van der Waals surface area (Å²) in [6.07, 6.45) is 3.15. The fraction of sp³-hybridized carbons (Fsp3) is 0.667. The van der Waals surface area contributed by atoms with Crippen molar-refractivity contribution in [1.29, 1.82) is 0 Å². The van der Waals surface area contributed by atoms with Crippen LogP contribution in [0.5, 0.6) is 0 Å². The Bertz CT molecular complexity index is 719. The number of hydrogen-bond donors (Lipinski definition) is 3. The molecule has 130 valence electrons. The summed E-state index contributed by atoms with van der Waals surface area (Å²) in [5.41, 5.74) is -0.944. The number of rotatable bonds is 5. The van der Waals surface area contributed by atoms with E-state index < -0.39 is 42.6 Å². The lowest BCUT2D eigenvalue weighted by Crippen LogP contribution is -2.35.